The van der Waals surface area contributed by atoms with E-state index in [0.717, 1.165) is 6.07 Å². The summed E-state index contributed by atoms with van der Waals surface area (Å²) in [4.78, 5) is 21.8. The second-order valence-corrected chi connectivity index (χ2v) is 7.68. The quantitative estimate of drug-likeness (QED) is 0.346. The largest absolute Gasteiger partial charge is 0.417 e. The van der Waals surface area contributed by atoms with Gasteiger partial charge >= 0.3 is 6.18 Å². The fraction of sp³-hybridized carbons (Fsp3) is 0.125. The van der Waals surface area contributed by atoms with E-state index in [2.05, 4.69) is 25.6 Å². The van der Waals surface area contributed by atoms with Gasteiger partial charge in [-0.15, -0.1) is 0 Å². The van der Waals surface area contributed by atoms with Crippen LogP contribution in [0.4, 0.5) is 18.9 Å². The van der Waals surface area contributed by atoms with Crippen molar-refractivity contribution in [3.8, 4) is 22.6 Å². The molecular weight excluding hydrogens is 463 g/mol. The molecule has 0 fully saturated rings. The number of carbonyl (C=O) groups is 1. The molecule has 35 heavy (non-hydrogen) atoms. The number of nitrogens with one attached hydrogen (secondary N) is 1. The van der Waals surface area contributed by atoms with E-state index in [1.54, 1.807) is 38.1 Å². The highest BCUT2D eigenvalue weighted by Gasteiger charge is 2.34. The van der Waals surface area contributed by atoms with Crippen LogP contribution in [0.1, 0.15) is 27.5 Å². The van der Waals surface area contributed by atoms with Crippen LogP contribution in [0.25, 0.3) is 33.7 Å². The zero-order chi connectivity index (χ0) is 24.7. The minimum Gasteiger partial charge on any atom is -0.339 e. The molecule has 0 atom stereocenters. The molecule has 0 bridgehead atoms. The highest BCUT2D eigenvalue weighted by Crippen LogP contribution is 2.38. The third kappa shape index (κ3) is 4.12. The summed E-state index contributed by atoms with van der Waals surface area (Å²) >= 11 is 0. The third-order valence-corrected chi connectivity index (χ3v) is 5.31. The van der Waals surface area contributed by atoms with Crippen LogP contribution in [-0.2, 0) is 6.18 Å². The Morgan fingerprint density at radius 1 is 0.914 bits per heavy atom. The second kappa shape index (κ2) is 8.35. The number of amides is 1. The molecule has 8 nitrogen and oxygen atoms in total. The molecule has 2 aromatic carbocycles. The van der Waals surface area contributed by atoms with Crippen molar-refractivity contribution in [1.29, 1.82) is 0 Å². The molecule has 0 spiro atoms. The van der Waals surface area contributed by atoms with Crippen molar-refractivity contribution in [3.05, 3.63) is 77.3 Å². The van der Waals surface area contributed by atoms with Gasteiger partial charge in [0.1, 0.15) is 0 Å². The Morgan fingerprint density at radius 2 is 1.63 bits per heavy atom. The number of benzene rings is 2. The molecule has 176 valence electrons. The summed E-state index contributed by atoms with van der Waals surface area (Å²) in [5.41, 5.74) is 0.121. The lowest BCUT2D eigenvalue weighted by atomic mass is 10.0. The first-order valence-electron chi connectivity index (χ1n) is 10.4. The van der Waals surface area contributed by atoms with E-state index in [-0.39, 0.29) is 28.4 Å². The topological polar surface area (TPSA) is 107 Å². The van der Waals surface area contributed by atoms with Crippen molar-refractivity contribution in [3.63, 3.8) is 0 Å². The van der Waals surface area contributed by atoms with E-state index < -0.39 is 17.6 Å². The van der Waals surface area contributed by atoms with E-state index in [1.807, 2.05) is 0 Å². The molecule has 0 saturated heterocycles. The molecule has 0 saturated carbocycles. The summed E-state index contributed by atoms with van der Waals surface area (Å²) in [7, 11) is 0. The smallest absolute Gasteiger partial charge is 0.339 e. The van der Waals surface area contributed by atoms with Gasteiger partial charge in [0, 0.05) is 18.1 Å². The van der Waals surface area contributed by atoms with Gasteiger partial charge in [-0.2, -0.15) is 18.2 Å². The summed E-state index contributed by atoms with van der Waals surface area (Å²) in [5, 5.41) is 10.8. The first kappa shape index (κ1) is 22.3. The van der Waals surface area contributed by atoms with Gasteiger partial charge in [-0.05, 0) is 31.2 Å². The van der Waals surface area contributed by atoms with Gasteiger partial charge in [-0.3, -0.25) is 4.79 Å². The molecular formula is C24H16F3N5O3. The average molecular weight is 479 g/mol. The fourth-order valence-electron chi connectivity index (χ4n) is 3.75. The molecule has 11 heteroatoms. The number of rotatable bonds is 4. The van der Waals surface area contributed by atoms with Gasteiger partial charge in [0.2, 0.25) is 11.7 Å². The molecule has 3 aromatic heterocycles. The normalized spacial score (nSPS) is 11.7. The standard InChI is InChI=1S/C24H16F3N5O3/c1-12-20-16(22(33)29-18-10-6-4-8-15(18)21-28-13(2)34-32-21)11-19(30-23(20)35-31-12)14-7-3-5-9-17(14)24(25,26)27/h3-11H,1-2H3,(H,29,33). The Bertz CT molecular complexity index is 1570. The third-order valence-electron chi connectivity index (χ3n) is 5.31. The van der Waals surface area contributed by atoms with Gasteiger partial charge < -0.3 is 14.4 Å². The Morgan fingerprint density at radius 3 is 2.34 bits per heavy atom. The number of carbonyl (C=O) groups excluding carboxylic acids is 1. The van der Waals surface area contributed by atoms with Crippen LogP contribution in [0.15, 0.2) is 63.6 Å². The van der Waals surface area contributed by atoms with Crippen LogP contribution >= 0.6 is 0 Å². The van der Waals surface area contributed by atoms with Crippen molar-refractivity contribution in [2.75, 3.05) is 5.32 Å². The minimum atomic E-state index is -4.62. The lowest BCUT2D eigenvalue weighted by Gasteiger charge is -2.14. The Balaban J connectivity index is 1.62. The van der Waals surface area contributed by atoms with Crippen molar-refractivity contribution < 1.29 is 27.0 Å². The van der Waals surface area contributed by atoms with Gasteiger partial charge in [-0.25, -0.2) is 4.98 Å². The molecule has 5 rings (SSSR count). The predicted molar refractivity (Wildman–Crippen MR) is 119 cm³/mol. The van der Waals surface area contributed by atoms with Crippen LogP contribution < -0.4 is 5.32 Å². The SMILES string of the molecule is Cc1nc(-c2ccccc2NC(=O)c2cc(-c3ccccc3C(F)(F)F)nc3onc(C)c23)no1. The zero-order valence-electron chi connectivity index (χ0n) is 18.3. The molecule has 0 aliphatic carbocycles. The number of pyridine rings is 1. The lowest BCUT2D eigenvalue weighted by Crippen LogP contribution is -2.14. The summed E-state index contributed by atoms with van der Waals surface area (Å²) < 4.78 is 51.2. The zero-order valence-corrected chi connectivity index (χ0v) is 18.3. The Labute approximate surface area is 195 Å². The van der Waals surface area contributed by atoms with Crippen molar-refractivity contribution in [2.45, 2.75) is 20.0 Å². The number of fused-ring (bicyclic) bond motifs is 1. The number of nitrogens with zero attached hydrogens (tertiary/aromatic N) is 4. The highest BCUT2D eigenvalue weighted by molar-refractivity contribution is 6.14. The molecule has 0 unspecified atom stereocenters. The maximum absolute atomic E-state index is 13.6. The fourth-order valence-corrected chi connectivity index (χ4v) is 3.75. The van der Waals surface area contributed by atoms with E-state index in [9.17, 15) is 18.0 Å². The Kier molecular flexibility index (Phi) is 5.31. The monoisotopic (exact) mass is 479 g/mol. The van der Waals surface area contributed by atoms with Crippen LogP contribution in [0.2, 0.25) is 0 Å². The summed E-state index contributed by atoms with van der Waals surface area (Å²) in [6.45, 7) is 3.25. The van der Waals surface area contributed by atoms with Crippen molar-refractivity contribution in [2.24, 2.45) is 0 Å². The molecule has 3 heterocycles. The van der Waals surface area contributed by atoms with Crippen LogP contribution in [0.5, 0.6) is 0 Å². The molecule has 1 N–H and O–H groups in total. The molecule has 0 aliphatic rings. The summed E-state index contributed by atoms with van der Waals surface area (Å²) in [6, 6.07) is 13.1. The van der Waals surface area contributed by atoms with Gasteiger partial charge in [0.05, 0.1) is 33.6 Å². The molecule has 1 amide bonds. The number of aromatic nitrogens is 4. The van der Waals surface area contributed by atoms with E-state index >= 15 is 0 Å². The van der Waals surface area contributed by atoms with Crippen molar-refractivity contribution >= 4 is 22.7 Å². The number of aryl methyl sites for hydroxylation is 2. The lowest BCUT2D eigenvalue weighted by molar-refractivity contribution is -0.137. The van der Waals surface area contributed by atoms with Gasteiger partial charge in [-0.1, -0.05) is 40.6 Å². The first-order valence-corrected chi connectivity index (χ1v) is 10.4. The summed E-state index contributed by atoms with van der Waals surface area (Å²) in [6.07, 6.45) is -4.62. The minimum absolute atomic E-state index is 0.0517. The number of alkyl halides is 3. The van der Waals surface area contributed by atoms with Gasteiger partial charge in [0.25, 0.3) is 11.6 Å². The van der Waals surface area contributed by atoms with Crippen LogP contribution in [0.3, 0.4) is 0 Å². The predicted octanol–water partition coefficient (Wildman–Crippen LogP) is 5.83. The number of anilines is 1. The van der Waals surface area contributed by atoms with E-state index in [4.69, 9.17) is 9.05 Å². The van der Waals surface area contributed by atoms with E-state index in [0.29, 0.717) is 28.2 Å². The van der Waals surface area contributed by atoms with E-state index in [1.165, 1.54) is 24.3 Å². The number of halogens is 3. The molecule has 0 radical (unpaired) electrons. The summed E-state index contributed by atoms with van der Waals surface area (Å²) in [5.74, 6) is 0.0337. The second-order valence-electron chi connectivity index (χ2n) is 7.68. The maximum atomic E-state index is 13.6. The van der Waals surface area contributed by atoms with Crippen molar-refractivity contribution in [1.82, 2.24) is 20.3 Å². The number of para-hydroxylation sites is 1. The van der Waals surface area contributed by atoms with Crippen LogP contribution in [-0.4, -0.2) is 26.2 Å². The van der Waals surface area contributed by atoms with Crippen LogP contribution in [0, 0.1) is 13.8 Å². The number of hydrogen-bond acceptors (Lipinski definition) is 7. The molecule has 0 aliphatic heterocycles. The average Bonchev–Trinajstić information content (AvgIpc) is 3.44. The molecule has 5 aromatic rings. The first-order chi connectivity index (χ1) is 16.7. The number of hydrogen-bond donors (Lipinski definition) is 1. The Hall–Kier alpha value is -4.54. The maximum Gasteiger partial charge on any atom is 0.417 e. The highest BCUT2D eigenvalue weighted by atomic mass is 19.4. The van der Waals surface area contributed by atoms with Gasteiger partial charge in [0.15, 0.2) is 0 Å².